The molecular weight excluding hydrogens is 468 g/mol. The average molecular weight is 497 g/mol. The van der Waals surface area contributed by atoms with Gasteiger partial charge in [-0.1, -0.05) is 18.2 Å². The van der Waals surface area contributed by atoms with Crippen LogP contribution in [0.4, 0.5) is 23.4 Å². The van der Waals surface area contributed by atoms with E-state index < -0.39 is 36.6 Å². The number of carbonyl (C=O) groups excluding carboxylic acids is 1. The van der Waals surface area contributed by atoms with Gasteiger partial charge in [0.2, 0.25) is 5.91 Å². The van der Waals surface area contributed by atoms with Crippen molar-refractivity contribution in [2.45, 2.75) is 70.8 Å². The fourth-order valence-corrected chi connectivity index (χ4v) is 4.32. The summed E-state index contributed by atoms with van der Waals surface area (Å²) in [6, 6.07) is 4.28. The second-order valence-electron chi connectivity index (χ2n) is 8.96. The van der Waals surface area contributed by atoms with E-state index in [0.29, 0.717) is 47.2 Å². The minimum Gasteiger partial charge on any atom is -0.363 e. The summed E-state index contributed by atoms with van der Waals surface area (Å²) in [6.07, 6.45) is -5.92. The lowest BCUT2D eigenvalue weighted by Crippen LogP contribution is -2.43. The van der Waals surface area contributed by atoms with E-state index in [1.54, 1.807) is 32.9 Å². The number of rotatable bonds is 9. The van der Waals surface area contributed by atoms with Gasteiger partial charge in [-0.2, -0.15) is 0 Å². The Morgan fingerprint density at radius 2 is 1.77 bits per heavy atom. The molecule has 1 aliphatic carbocycles. The number of aryl methyl sites for hydroxylation is 1. The van der Waals surface area contributed by atoms with Gasteiger partial charge in [-0.3, -0.25) is 4.79 Å². The molecule has 1 aliphatic heterocycles. The van der Waals surface area contributed by atoms with E-state index in [1.807, 2.05) is 0 Å². The van der Waals surface area contributed by atoms with E-state index in [9.17, 15) is 22.4 Å². The van der Waals surface area contributed by atoms with Crippen LogP contribution in [0.15, 0.2) is 18.2 Å². The zero-order chi connectivity index (χ0) is 25.3. The molecule has 2 heterocycles. The van der Waals surface area contributed by atoms with Crippen molar-refractivity contribution in [2.24, 2.45) is 0 Å². The van der Waals surface area contributed by atoms with Crippen LogP contribution >= 0.6 is 0 Å². The third kappa shape index (κ3) is 5.40. The Labute approximate surface area is 200 Å². The van der Waals surface area contributed by atoms with Crippen LogP contribution in [0, 0.1) is 13.8 Å². The van der Waals surface area contributed by atoms with Crippen molar-refractivity contribution >= 4 is 11.7 Å². The monoisotopic (exact) mass is 496 g/mol. The number of halogens is 4. The summed E-state index contributed by atoms with van der Waals surface area (Å²) in [7, 11) is 0. The normalized spacial score (nSPS) is 18.2. The first-order chi connectivity index (χ1) is 16.6. The molecule has 2 aliphatic rings. The first-order valence-electron chi connectivity index (χ1n) is 11.4. The van der Waals surface area contributed by atoms with Crippen LogP contribution in [-0.2, 0) is 20.7 Å². The lowest BCUT2D eigenvalue weighted by atomic mass is 9.97. The molecule has 1 aromatic carbocycles. The maximum Gasteiger partial charge on any atom is 0.264 e. The van der Waals surface area contributed by atoms with E-state index >= 15 is 0 Å². The maximum atomic E-state index is 13.4. The van der Waals surface area contributed by atoms with Gasteiger partial charge in [0, 0.05) is 5.56 Å². The van der Waals surface area contributed by atoms with E-state index in [0.717, 1.165) is 0 Å². The van der Waals surface area contributed by atoms with Gasteiger partial charge in [0.25, 0.3) is 12.9 Å². The number of benzene rings is 1. The number of alkyl halides is 4. The standard InChI is InChI=1S/C24H28F4N4O3/c1-12-15(5-4-6-16(12)20(25)26)13(2)29-21-19(22-34-9-10-35-22)17(30-14(3)31-21)11-18(33)32-24(7-8-24)23(27)28/h4-6,13,20,22-23H,7-11H2,1-3H3,(H,32,33)(H,29,30,31). The Kier molecular flexibility index (Phi) is 7.27. The first kappa shape index (κ1) is 25.3. The molecule has 0 radical (unpaired) electrons. The number of nitrogens with zero attached hydrogens (tertiary/aromatic N) is 2. The van der Waals surface area contributed by atoms with Crippen LogP contribution in [0.1, 0.15) is 72.3 Å². The lowest BCUT2D eigenvalue weighted by Gasteiger charge is -2.24. The molecule has 1 atom stereocenters. The number of amides is 1. The average Bonchev–Trinajstić information content (AvgIpc) is 3.36. The minimum atomic E-state index is -2.65. The zero-order valence-corrected chi connectivity index (χ0v) is 19.7. The van der Waals surface area contributed by atoms with Crippen molar-refractivity contribution in [3.8, 4) is 0 Å². The number of hydrogen-bond acceptors (Lipinski definition) is 6. The fraction of sp³-hybridized carbons (Fsp3) is 0.542. The fourth-order valence-electron chi connectivity index (χ4n) is 4.32. The van der Waals surface area contributed by atoms with Crippen LogP contribution in [0.3, 0.4) is 0 Å². The highest BCUT2D eigenvalue weighted by Gasteiger charge is 2.52. The number of anilines is 1. The van der Waals surface area contributed by atoms with E-state index in [4.69, 9.17) is 9.47 Å². The minimum absolute atomic E-state index is 0.0527. The summed E-state index contributed by atoms with van der Waals surface area (Å²) >= 11 is 0. The van der Waals surface area contributed by atoms with Crippen molar-refractivity contribution in [3.05, 3.63) is 52.0 Å². The van der Waals surface area contributed by atoms with Gasteiger partial charge in [0.1, 0.15) is 17.2 Å². The molecule has 7 nitrogen and oxygen atoms in total. The number of hydrogen-bond donors (Lipinski definition) is 2. The van der Waals surface area contributed by atoms with Crippen molar-refractivity contribution in [1.29, 1.82) is 0 Å². The molecular formula is C24H28F4N4O3. The molecule has 1 aromatic heterocycles. The Balaban J connectivity index is 1.65. The van der Waals surface area contributed by atoms with Crippen molar-refractivity contribution in [1.82, 2.24) is 15.3 Å². The third-order valence-corrected chi connectivity index (χ3v) is 6.39. The molecule has 35 heavy (non-hydrogen) atoms. The van der Waals surface area contributed by atoms with Gasteiger partial charge in [-0.25, -0.2) is 27.5 Å². The lowest BCUT2D eigenvalue weighted by molar-refractivity contribution is -0.122. The predicted octanol–water partition coefficient (Wildman–Crippen LogP) is 4.71. The van der Waals surface area contributed by atoms with Gasteiger partial charge in [-0.15, -0.1) is 0 Å². The summed E-state index contributed by atoms with van der Waals surface area (Å²) in [5.41, 5.74) is 0.278. The molecule has 11 heteroatoms. The van der Waals surface area contributed by atoms with E-state index in [1.165, 1.54) is 6.07 Å². The number of aromatic nitrogens is 2. The highest BCUT2D eigenvalue weighted by molar-refractivity contribution is 5.80. The van der Waals surface area contributed by atoms with Crippen LogP contribution < -0.4 is 10.6 Å². The third-order valence-electron chi connectivity index (χ3n) is 6.39. The van der Waals surface area contributed by atoms with Crippen LogP contribution in [0.25, 0.3) is 0 Å². The molecule has 0 spiro atoms. The van der Waals surface area contributed by atoms with Gasteiger partial charge in [0.15, 0.2) is 6.29 Å². The molecule has 2 N–H and O–H groups in total. The topological polar surface area (TPSA) is 85.4 Å². The molecule has 190 valence electrons. The first-order valence-corrected chi connectivity index (χ1v) is 11.4. The highest BCUT2D eigenvalue weighted by atomic mass is 19.3. The SMILES string of the molecule is Cc1nc(CC(=O)NC2(C(F)F)CC2)c(C2OCCO2)c(NC(C)c2cccc(C(F)F)c2C)n1. The Hall–Kier alpha value is -2.79. The van der Waals surface area contributed by atoms with Crippen LogP contribution in [-0.4, -0.2) is 41.1 Å². The van der Waals surface area contributed by atoms with Gasteiger partial charge >= 0.3 is 0 Å². The number of nitrogens with one attached hydrogen (secondary N) is 2. The van der Waals surface area contributed by atoms with Gasteiger partial charge in [0.05, 0.1) is 36.9 Å². The summed E-state index contributed by atoms with van der Waals surface area (Å²) in [6.45, 7) is 5.73. The zero-order valence-electron chi connectivity index (χ0n) is 19.7. The molecule has 1 saturated heterocycles. The smallest absolute Gasteiger partial charge is 0.264 e. The molecule has 1 saturated carbocycles. The van der Waals surface area contributed by atoms with E-state index in [2.05, 4.69) is 20.6 Å². The van der Waals surface area contributed by atoms with Crippen molar-refractivity contribution in [2.75, 3.05) is 18.5 Å². The highest BCUT2D eigenvalue weighted by Crippen LogP contribution is 2.41. The Morgan fingerprint density at radius 1 is 1.11 bits per heavy atom. The van der Waals surface area contributed by atoms with Crippen molar-refractivity contribution in [3.63, 3.8) is 0 Å². The molecule has 1 unspecified atom stereocenters. The number of ether oxygens (including phenoxy) is 2. The molecule has 0 bridgehead atoms. The molecule has 2 fully saturated rings. The predicted molar refractivity (Wildman–Crippen MR) is 119 cm³/mol. The molecule has 4 rings (SSSR count). The largest absolute Gasteiger partial charge is 0.363 e. The van der Waals surface area contributed by atoms with Gasteiger partial charge in [-0.05, 0) is 44.7 Å². The van der Waals surface area contributed by atoms with E-state index in [-0.39, 0.29) is 24.8 Å². The molecule has 2 aromatic rings. The Bertz CT molecular complexity index is 1090. The summed E-state index contributed by atoms with van der Waals surface area (Å²) < 4.78 is 64.7. The second kappa shape index (κ2) is 10.1. The maximum absolute atomic E-state index is 13.4. The number of carbonyl (C=O) groups is 1. The molecule has 1 amide bonds. The summed E-state index contributed by atoms with van der Waals surface area (Å²) in [4.78, 5) is 21.5. The van der Waals surface area contributed by atoms with Crippen molar-refractivity contribution < 1.29 is 31.8 Å². The van der Waals surface area contributed by atoms with Crippen LogP contribution in [0.2, 0.25) is 0 Å². The summed E-state index contributed by atoms with van der Waals surface area (Å²) in [5, 5.41) is 5.68. The van der Waals surface area contributed by atoms with Gasteiger partial charge < -0.3 is 20.1 Å². The quantitative estimate of drug-likeness (QED) is 0.490. The second-order valence-corrected chi connectivity index (χ2v) is 8.96. The van der Waals surface area contributed by atoms with Crippen LogP contribution in [0.5, 0.6) is 0 Å². The Morgan fingerprint density at radius 3 is 2.37 bits per heavy atom. The summed E-state index contributed by atoms with van der Waals surface area (Å²) in [5.74, 6) is 0.0912.